The summed E-state index contributed by atoms with van der Waals surface area (Å²) in [4.78, 5) is 92.8. The number of benzene rings is 1. The molecule has 5 saturated heterocycles. The number of rotatable bonds is 11. The van der Waals surface area contributed by atoms with Crippen LogP contribution in [0.1, 0.15) is 140 Å². The highest BCUT2D eigenvalue weighted by molar-refractivity contribution is 6.09. The van der Waals surface area contributed by atoms with E-state index in [9.17, 15) is 19.2 Å². The normalized spacial score (nSPS) is 25.3. The number of anilines is 3. The molecule has 0 bridgehead atoms. The number of hydrogen-bond acceptors (Lipinski definition) is 11. The Bertz CT molecular complexity index is 2730. The molecule has 5 amide bonds. The number of carbonyl (C=O) groups excluding carboxylic acids is 5. The second-order valence-electron chi connectivity index (χ2n) is 22.8. The van der Waals surface area contributed by atoms with Crippen molar-refractivity contribution in [1.82, 2.24) is 39.5 Å². The van der Waals surface area contributed by atoms with Gasteiger partial charge in [-0.1, -0.05) is 24.6 Å². The Kier molecular flexibility index (Phi) is 12.6. The summed E-state index contributed by atoms with van der Waals surface area (Å²) in [5.74, 6) is 1.67. The third-order valence-corrected chi connectivity index (χ3v) is 18.0. The summed E-state index contributed by atoms with van der Waals surface area (Å²) in [5.41, 5.74) is 6.09. The van der Waals surface area contributed by atoms with Crippen molar-refractivity contribution in [3.63, 3.8) is 0 Å². The molecule has 3 aromatic heterocycles. The molecule has 9 heterocycles. The average Bonchev–Trinajstić information content (AvgIpc) is 4.05. The number of nitrogens with one attached hydrogen (secondary N) is 2. The van der Waals surface area contributed by atoms with Crippen molar-refractivity contribution < 1.29 is 24.0 Å². The summed E-state index contributed by atoms with van der Waals surface area (Å²) in [6.45, 7) is 10.6. The van der Waals surface area contributed by atoms with E-state index in [1.807, 2.05) is 28.3 Å². The van der Waals surface area contributed by atoms with Crippen molar-refractivity contribution in [2.45, 2.75) is 152 Å². The third-order valence-electron chi connectivity index (χ3n) is 18.0. The number of fused-ring (bicyclic) bond motifs is 3. The predicted octanol–water partition coefficient (Wildman–Crippen LogP) is 6.94. The molecule has 0 radical (unpaired) electrons. The van der Waals surface area contributed by atoms with E-state index in [1.165, 1.54) is 19.3 Å². The largest absolute Gasteiger partial charge is 0.366 e. The zero-order chi connectivity index (χ0) is 49.3. The lowest BCUT2D eigenvalue weighted by Crippen LogP contribution is -2.58. The minimum Gasteiger partial charge on any atom is -0.366 e. The molecule has 380 valence electrons. The topological polar surface area (TPSA) is 169 Å². The Labute approximate surface area is 422 Å². The maximum absolute atomic E-state index is 15.2. The zero-order valence-corrected chi connectivity index (χ0v) is 42.2. The maximum atomic E-state index is 15.2. The molecule has 2 saturated carbocycles. The molecule has 16 heteroatoms. The first-order valence-electron chi connectivity index (χ1n) is 27.5. The van der Waals surface area contributed by atoms with Crippen LogP contribution in [0, 0.1) is 11.8 Å². The fourth-order valence-electron chi connectivity index (χ4n) is 13.4. The van der Waals surface area contributed by atoms with E-state index >= 15 is 4.79 Å². The van der Waals surface area contributed by atoms with Crippen LogP contribution in [0.3, 0.4) is 0 Å². The Morgan fingerprint density at radius 2 is 1.57 bits per heavy atom. The van der Waals surface area contributed by atoms with Gasteiger partial charge in [-0.3, -0.25) is 29.3 Å². The van der Waals surface area contributed by atoms with Gasteiger partial charge in [-0.15, -0.1) is 0 Å². The zero-order valence-electron chi connectivity index (χ0n) is 42.2. The van der Waals surface area contributed by atoms with Crippen molar-refractivity contribution >= 4 is 57.9 Å². The predicted molar refractivity (Wildman–Crippen MR) is 275 cm³/mol. The van der Waals surface area contributed by atoms with Crippen molar-refractivity contribution in [2.75, 3.05) is 67.5 Å². The smallest absolute Gasteiger partial charge is 0.238 e. The Hall–Kier alpha value is -5.90. The second kappa shape index (κ2) is 19.2. The van der Waals surface area contributed by atoms with Crippen LogP contribution in [0.15, 0.2) is 48.9 Å². The SMILES string of the molecule is CC(C)n1cnc2cc(-c3ccc4c(c3)N([C@H]3C[C@@H](N5CCCCC5)C3)C(=O)C43CCN(C(=O)CC4CCN(C(=O)C5CCN(c6ccc(C7CCC(=O)NC7=O)cn6)CC5)CC4)CC3)nc(NC3CC3)c21. The molecular weight excluding hydrogens is 907 g/mol. The number of carbonyl (C=O) groups is 5. The molecule has 7 fully saturated rings. The lowest BCUT2D eigenvalue weighted by molar-refractivity contribution is -0.139. The number of amides is 5. The van der Waals surface area contributed by atoms with Gasteiger partial charge in [0.05, 0.1) is 28.9 Å². The van der Waals surface area contributed by atoms with Crippen LogP contribution in [0.4, 0.5) is 17.3 Å². The van der Waals surface area contributed by atoms with Crippen LogP contribution in [-0.2, 0) is 29.4 Å². The first-order valence-corrected chi connectivity index (χ1v) is 27.5. The summed E-state index contributed by atoms with van der Waals surface area (Å²) >= 11 is 0. The van der Waals surface area contributed by atoms with E-state index in [1.54, 1.807) is 6.20 Å². The molecule has 6 aliphatic heterocycles. The number of aromatic nitrogens is 4. The average molecular weight is 978 g/mol. The van der Waals surface area contributed by atoms with Gasteiger partial charge in [0.25, 0.3) is 0 Å². The molecule has 2 N–H and O–H groups in total. The molecule has 72 heavy (non-hydrogen) atoms. The summed E-state index contributed by atoms with van der Waals surface area (Å²) in [5, 5.41) is 6.13. The second-order valence-corrected chi connectivity index (χ2v) is 22.8. The number of piperidine rings is 5. The summed E-state index contributed by atoms with van der Waals surface area (Å²) in [6.07, 6.45) is 17.5. The highest BCUT2D eigenvalue weighted by atomic mass is 16.2. The van der Waals surface area contributed by atoms with E-state index in [-0.39, 0.29) is 59.4 Å². The monoisotopic (exact) mass is 978 g/mol. The van der Waals surface area contributed by atoms with Gasteiger partial charge in [-0.25, -0.2) is 15.0 Å². The molecule has 2 aliphatic carbocycles. The number of imide groups is 1. The van der Waals surface area contributed by atoms with Gasteiger partial charge < -0.3 is 34.4 Å². The van der Waals surface area contributed by atoms with Gasteiger partial charge in [-0.05, 0) is 146 Å². The Balaban J connectivity index is 0.676. The Morgan fingerprint density at radius 3 is 2.26 bits per heavy atom. The number of imidazole rings is 1. The lowest BCUT2D eigenvalue weighted by Gasteiger charge is -2.48. The summed E-state index contributed by atoms with van der Waals surface area (Å²) in [7, 11) is 0. The molecule has 1 atom stereocenters. The van der Waals surface area contributed by atoms with Crippen molar-refractivity contribution in [1.29, 1.82) is 0 Å². The molecule has 8 aliphatic rings. The Morgan fingerprint density at radius 1 is 0.806 bits per heavy atom. The minimum absolute atomic E-state index is 0.0299. The number of hydrogen-bond donors (Lipinski definition) is 2. The quantitative estimate of drug-likeness (QED) is 0.150. The van der Waals surface area contributed by atoms with Crippen LogP contribution in [0.2, 0.25) is 0 Å². The van der Waals surface area contributed by atoms with Gasteiger partial charge in [0.1, 0.15) is 11.3 Å². The fourth-order valence-corrected chi connectivity index (χ4v) is 13.4. The van der Waals surface area contributed by atoms with E-state index in [4.69, 9.17) is 9.97 Å². The van der Waals surface area contributed by atoms with Gasteiger partial charge in [0.15, 0.2) is 5.82 Å². The fraction of sp³-hybridized carbons (Fsp3) is 0.607. The van der Waals surface area contributed by atoms with Crippen LogP contribution in [0.5, 0.6) is 0 Å². The van der Waals surface area contributed by atoms with Gasteiger partial charge >= 0.3 is 0 Å². The van der Waals surface area contributed by atoms with Crippen molar-refractivity contribution in [3.8, 4) is 11.3 Å². The standard InChI is InChI=1S/C56H71N11O5/c1-35(2)66-34-58-46-32-45(60-52(51(46)66)59-40-8-9-40)38-6-11-44-47(29-38)67(42-30-41(31-42)62-20-4-3-5-21-62)55(72)56(44)18-26-64(27-19-56)50(69)28-36-14-22-65(23-15-36)54(71)37-16-24-63(25-17-37)48-12-7-39(33-57-48)43-10-13-49(68)61-53(43)70/h6-7,11-12,29,32-37,40-43H,3-5,8-10,13-28,30-31H2,1-2H3,(H,59,60)(H,61,68,70)/t41-,42+,43?. The molecular formula is C56H71N11O5. The van der Waals surface area contributed by atoms with E-state index in [0.29, 0.717) is 70.4 Å². The molecule has 12 rings (SSSR count). The molecule has 1 aromatic carbocycles. The van der Waals surface area contributed by atoms with Crippen LogP contribution < -0.4 is 20.4 Å². The summed E-state index contributed by atoms with van der Waals surface area (Å²) in [6, 6.07) is 13.9. The minimum atomic E-state index is -0.659. The molecule has 4 aromatic rings. The van der Waals surface area contributed by atoms with Crippen LogP contribution in [0.25, 0.3) is 22.3 Å². The third kappa shape index (κ3) is 8.82. The first kappa shape index (κ1) is 47.1. The van der Waals surface area contributed by atoms with Crippen molar-refractivity contribution in [2.24, 2.45) is 11.8 Å². The molecule has 1 spiro atoms. The lowest BCUT2D eigenvalue weighted by atomic mass is 9.73. The van der Waals surface area contributed by atoms with Gasteiger partial charge in [0.2, 0.25) is 29.5 Å². The maximum Gasteiger partial charge on any atom is 0.238 e. The summed E-state index contributed by atoms with van der Waals surface area (Å²) < 4.78 is 2.20. The van der Waals surface area contributed by atoms with E-state index < -0.39 is 5.41 Å². The van der Waals surface area contributed by atoms with Crippen molar-refractivity contribution in [3.05, 3.63) is 60.0 Å². The van der Waals surface area contributed by atoms with E-state index in [0.717, 1.165) is 128 Å². The highest BCUT2D eigenvalue weighted by Gasteiger charge is 2.56. The highest BCUT2D eigenvalue weighted by Crippen LogP contribution is 2.52. The molecule has 1 unspecified atom stereocenters. The first-order chi connectivity index (χ1) is 35.0. The van der Waals surface area contributed by atoms with Crippen LogP contribution >= 0.6 is 0 Å². The van der Waals surface area contributed by atoms with Gasteiger partial charge in [0, 0.05) is 99.6 Å². The number of likely N-dealkylation sites (tertiary alicyclic amines) is 3. The van der Waals surface area contributed by atoms with E-state index in [2.05, 4.69) is 73.0 Å². The molecule has 16 nitrogen and oxygen atoms in total. The number of pyridine rings is 2. The number of nitrogens with zero attached hydrogens (tertiary/aromatic N) is 9. The van der Waals surface area contributed by atoms with Gasteiger partial charge in [-0.2, -0.15) is 0 Å². The van der Waals surface area contributed by atoms with Crippen LogP contribution in [-0.4, -0.2) is 134 Å².